The van der Waals surface area contributed by atoms with Crippen LogP contribution in [0.2, 0.25) is 0 Å². The third-order valence-electron chi connectivity index (χ3n) is 2.86. The smallest absolute Gasteiger partial charge is 0.270 e. The maximum absolute atomic E-state index is 12.6. The van der Waals surface area contributed by atoms with E-state index in [4.69, 9.17) is 9.47 Å². The first-order valence-corrected chi connectivity index (χ1v) is 6.84. The summed E-state index contributed by atoms with van der Waals surface area (Å²) in [5.41, 5.74) is 2.51. The maximum Gasteiger partial charge on any atom is 0.270 e. The first kappa shape index (κ1) is 16.9. The molecule has 1 aliphatic heterocycles. The molecule has 7 heteroatoms. The van der Waals surface area contributed by atoms with Crippen molar-refractivity contribution in [2.45, 2.75) is 51.5 Å². The van der Waals surface area contributed by atoms with Crippen molar-refractivity contribution >= 4 is 12.3 Å². The third kappa shape index (κ3) is 5.07. The SMILES string of the molecule is COC(NC=O)C(OC(C)(C)C)C(=O)N1CCCCN1. The second-order valence-corrected chi connectivity index (χ2v) is 5.70. The zero-order valence-electron chi connectivity index (χ0n) is 12.6. The Morgan fingerprint density at radius 2 is 2.10 bits per heavy atom. The highest BCUT2D eigenvalue weighted by Gasteiger charge is 2.36. The minimum atomic E-state index is -0.893. The first-order valence-electron chi connectivity index (χ1n) is 6.84. The van der Waals surface area contributed by atoms with Gasteiger partial charge in [-0.2, -0.15) is 0 Å². The van der Waals surface area contributed by atoms with Crippen LogP contribution >= 0.6 is 0 Å². The van der Waals surface area contributed by atoms with Crippen molar-refractivity contribution in [2.75, 3.05) is 20.2 Å². The average Bonchev–Trinajstić information content (AvgIpc) is 2.41. The Bertz CT molecular complexity index is 324. The van der Waals surface area contributed by atoms with Gasteiger partial charge in [0.25, 0.3) is 5.91 Å². The number of hydrogen-bond acceptors (Lipinski definition) is 5. The predicted molar refractivity (Wildman–Crippen MR) is 73.6 cm³/mol. The molecule has 0 saturated carbocycles. The molecule has 7 nitrogen and oxygen atoms in total. The van der Waals surface area contributed by atoms with E-state index in [9.17, 15) is 9.59 Å². The maximum atomic E-state index is 12.6. The van der Waals surface area contributed by atoms with Crippen LogP contribution in [0.15, 0.2) is 0 Å². The second-order valence-electron chi connectivity index (χ2n) is 5.70. The molecule has 0 radical (unpaired) electrons. The van der Waals surface area contributed by atoms with Gasteiger partial charge in [-0.1, -0.05) is 0 Å². The fourth-order valence-corrected chi connectivity index (χ4v) is 2.00. The number of carbonyl (C=O) groups is 2. The summed E-state index contributed by atoms with van der Waals surface area (Å²) in [6, 6.07) is 0. The van der Waals surface area contributed by atoms with Crippen molar-refractivity contribution in [2.24, 2.45) is 0 Å². The minimum absolute atomic E-state index is 0.235. The van der Waals surface area contributed by atoms with Gasteiger partial charge in [0.15, 0.2) is 12.3 Å². The molecule has 2 N–H and O–H groups in total. The van der Waals surface area contributed by atoms with Crippen LogP contribution in [0.5, 0.6) is 0 Å². The second kappa shape index (κ2) is 7.56. The highest BCUT2D eigenvalue weighted by Crippen LogP contribution is 2.16. The molecule has 20 heavy (non-hydrogen) atoms. The average molecular weight is 287 g/mol. The van der Waals surface area contributed by atoms with Crippen molar-refractivity contribution < 1.29 is 19.1 Å². The van der Waals surface area contributed by atoms with Crippen LogP contribution in [0.4, 0.5) is 0 Å². The van der Waals surface area contributed by atoms with Gasteiger partial charge in [-0.15, -0.1) is 0 Å². The number of methoxy groups -OCH3 is 1. The number of ether oxygens (including phenoxy) is 2. The molecule has 0 aliphatic carbocycles. The van der Waals surface area contributed by atoms with E-state index >= 15 is 0 Å². The van der Waals surface area contributed by atoms with Crippen LogP contribution in [0.25, 0.3) is 0 Å². The normalized spacial score (nSPS) is 19.3. The summed E-state index contributed by atoms with van der Waals surface area (Å²) in [4.78, 5) is 23.2. The predicted octanol–water partition coefficient (Wildman–Crippen LogP) is 0.0156. The van der Waals surface area contributed by atoms with Crippen molar-refractivity contribution in [1.29, 1.82) is 0 Å². The summed E-state index contributed by atoms with van der Waals surface area (Å²) in [5.74, 6) is -0.235. The van der Waals surface area contributed by atoms with Crippen LogP contribution in [0.1, 0.15) is 33.6 Å². The lowest BCUT2D eigenvalue weighted by molar-refractivity contribution is -0.175. The fraction of sp³-hybridized carbons (Fsp3) is 0.846. The van der Waals surface area contributed by atoms with E-state index in [1.165, 1.54) is 7.11 Å². The summed E-state index contributed by atoms with van der Waals surface area (Å²) in [5, 5.41) is 4.01. The molecule has 2 atom stereocenters. The van der Waals surface area contributed by atoms with Crippen LogP contribution in [-0.4, -0.2) is 55.5 Å². The van der Waals surface area contributed by atoms with Crippen molar-refractivity contribution in [3.8, 4) is 0 Å². The number of rotatable bonds is 6. The number of nitrogens with zero attached hydrogens (tertiary/aromatic N) is 1. The van der Waals surface area contributed by atoms with Gasteiger partial charge in [-0.05, 0) is 33.6 Å². The third-order valence-corrected chi connectivity index (χ3v) is 2.86. The molecule has 1 fully saturated rings. The summed E-state index contributed by atoms with van der Waals surface area (Å²) in [6.07, 6.45) is 0.775. The lowest BCUT2D eigenvalue weighted by Crippen LogP contribution is -2.58. The zero-order chi connectivity index (χ0) is 15.2. The van der Waals surface area contributed by atoms with E-state index in [-0.39, 0.29) is 5.91 Å². The molecule has 0 aromatic rings. The molecule has 0 bridgehead atoms. The molecule has 1 saturated heterocycles. The van der Waals surface area contributed by atoms with E-state index in [2.05, 4.69) is 10.7 Å². The van der Waals surface area contributed by atoms with E-state index in [0.717, 1.165) is 19.4 Å². The lowest BCUT2D eigenvalue weighted by Gasteiger charge is -2.36. The molecule has 1 aliphatic rings. The van der Waals surface area contributed by atoms with E-state index in [0.29, 0.717) is 13.0 Å². The summed E-state index contributed by atoms with van der Waals surface area (Å²) < 4.78 is 10.9. The van der Waals surface area contributed by atoms with Crippen LogP contribution in [-0.2, 0) is 19.1 Å². The zero-order valence-corrected chi connectivity index (χ0v) is 12.6. The standard InChI is InChI=1S/C13H25N3O4/c1-13(2,3)20-10(11(19-4)14-9-17)12(18)16-8-6-5-7-15-16/h9-11,15H,5-8H2,1-4H3,(H,14,17). The number of hydrazine groups is 1. The minimum Gasteiger partial charge on any atom is -0.358 e. The molecule has 0 spiro atoms. The fourth-order valence-electron chi connectivity index (χ4n) is 2.00. The first-order chi connectivity index (χ1) is 9.39. The Morgan fingerprint density at radius 3 is 2.55 bits per heavy atom. The van der Waals surface area contributed by atoms with Crippen LogP contribution < -0.4 is 10.7 Å². The largest absolute Gasteiger partial charge is 0.358 e. The number of amides is 2. The van der Waals surface area contributed by atoms with Crippen LogP contribution in [0, 0.1) is 0 Å². The number of nitrogens with one attached hydrogen (secondary N) is 2. The van der Waals surface area contributed by atoms with Gasteiger partial charge in [0.05, 0.1) is 5.60 Å². The van der Waals surface area contributed by atoms with Crippen molar-refractivity contribution in [3.63, 3.8) is 0 Å². The van der Waals surface area contributed by atoms with Gasteiger partial charge in [-0.25, -0.2) is 5.43 Å². The molecule has 0 aromatic heterocycles. The molecule has 1 rings (SSSR count). The molecule has 2 unspecified atom stereocenters. The lowest BCUT2D eigenvalue weighted by atomic mass is 10.1. The molecular formula is C13H25N3O4. The highest BCUT2D eigenvalue weighted by atomic mass is 16.6. The van der Waals surface area contributed by atoms with Gasteiger partial charge in [0, 0.05) is 20.2 Å². The molecule has 116 valence electrons. The number of hydrogen-bond donors (Lipinski definition) is 2. The van der Waals surface area contributed by atoms with E-state index in [1.807, 2.05) is 20.8 Å². The Hall–Kier alpha value is -1.18. The van der Waals surface area contributed by atoms with E-state index < -0.39 is 17.9 Å². The molecule has 1 heterocycles. The monoisotopic (exact) mass is 287 g/mol. The quantitative estimate of drug-likeness (QED) is 0.531. The van der Waals surface area contributed by atoms with Crippen LogP contribution in [0.3, 0.4) is 0 Å². The number of carbonyl (C=O) groups excluding carboxylic acids is 2. The van der Waals surface area contributed by atoms with Crippen molar-refractivity contribution in [1.82, 2.24) is 15.8 Å². The van der Waals surface area contributed by atoms with Gasteiger partial charge < -0.3 is 14.8 Å². The Kier molecular flexibility index (Phi) is 6.38. The summed E-state index contributed by atoms with van der Waals surface area (Å²) in [6.45, 7) is 6.94. The topological polar surface area (TPSA) is 79.9 Å². The summed E-state index contributed by atoms with van der Waals surface area (Å²) >= 11 is 0. The summed E-state index contributed by atoms with van der Waals surface area (Å²) in [7, 11) is 1.43. The van der Waals surface area contributed by atoms with Gasteiger partial charge in [0.1, 0.15) is 0 Å². The highest BCUT2D eigenvalue weighted by molar-refractivity contribution is 5.81. The van der Waals surface area contributed by atoms with Gasteiger partial charge >= 0.3 is 0 Å². The molecule has 0 aromatic carbocycles. The Labute approximate surface area is 119 Å². The molecular weight excluding hydrogens is 262 g/mol. The molecule has 2 amide bonds. The van der Waals surface area contributed by atoms with E-state index in [1.54, 1.807) is 5.01 Å². The van der Waals surface area contributed by atoms with Crippen molar-refractivity contribution in [3.05, 3.63) is 0 Å². The van der Waals surface area contributed by atoms with Gasteiger partial charge in [-0.3, -0.25) is 14.6 Å². The Balaban J connectivity index is 2.83. The van der Waals surface area contributed by atoms with Gasteiger partial charge in [0.2, 0.25) is 6.41 Å². The Morgan fingerprint density at radius 1 is 1.40 bits per heavy atom.